The second kappa shape index (κ2) is 5.99. The predicted molar refractivity (Wildman–Crippen MR) is 81.0 cm³/mol. The Bertz CT molecular complexity index is 533. The lowest BCUT2D eigenvalue weighted by Crippen LogP contribution is -2.53. The second-order valence-electron chi connectivity index (χ2n) is 4.65. The van der Waals surface area contributed by atoms with Crippen molar-refractivity contribution in [2.45, 2.75) is 29.5 Å². The highest BCUT2D eigenvalue weighted by molar-refractivity contribution is 9.09. The minimum Gasteiger partial charge on any atom is -0.381 e. The third-order valence-electron chi connectivity index (χ3n) is 3.16. The van der Waals surface area contributed by atoms with Gasteiger partial charge in [0.05, 0.1) is 4.34 Å². The molecular formula is C11H15BrClNO3S2. The Balaban J connectivity index is 2.24. The van der Waals surface area contributed by atoms with Crippen LogP contribution >= 0.6 is 38.9 Å². The number of nitrogens with one attached hydrogen (secondary N) is 1. The minimum absolute atomic E-state index is 0.266. The van der Waals surface area contributed by atoms with E-state index in [4.69, 9.17) is 16.3 Å². The van der Waals surface area contributed by atoms with Gasteiger partial charge in [-0.3, -0.25) is 0 Å². The van der Waals surface area contributed by atoms with Crippen LogP contribution in [0.25, 0.3) is 0 Å². The van der Waals surface area contributed by atoms with Crippen LogP contribution in [0.1, 0.15) is 18.4 Å². The molecule has 1 aliphatic rings. The van der Waals surface area contributed by atoms with E-state index in [2.05, 4.69) is 20.7 Å². The molecule has 0 bridgehead atoms. The molecule has 0 radical (unpaired) electrons. The molecule has 1 fully saturated rings. The highest BCUT2D eigenvalue weighted by atomic mass is 79.9. The maximum absolute atomic E-state index is 12.4. The summed E-state index contributed by atoms with van der Waals surface area (Å²) in [6.07, 6.45) is 1.32. The van der Waals surface area contributed by atoms with E-state index in [0.29, 0.717) is 35.7 Å². The Morgan fingerprint density at radius 3 is 2.63 bits per heavy atom. The first-order chi connectivity index (χ1) is 8.88. The molecule has 2 heterocycles. The van der Waals surface area contributed by atoms with E-state index >= 15 is 0 Å². The van der Waals surface area contributed by atoms with Crippen LogP contribution in [0.15, 0.2) is 10.3 Å². The van der Waals surface area contributed by atoms with Gasteiger partial charge in [0, 0.05) is 24.1 Å². The number of rotatable bonds is 4. The van der Waals surface area contributed by atoms with Crippen molar-refractivity contribution < 1.29 is 13.2 Å². The Labute approximate surface area is 130 Å². The van der Waals surface area contributed by atoms with E-state index in [-0.39, 0.29) is 4.21 Å². The summed E-state index contributed by atoms with van der Waals surface area (Å²) < 4.78 is 33.7. The largest absolute Gasteiger partial charge is 0.381 e. The van der Waals surface area contributed by atoms with Crippen molar-refractivity contribution in [2.24, 2.45) is 0 Å². The first-order valence-corrected chi connectivity index (χ1v) is 9.62. The molecule has 0 atom stereocenters. The van der Waals surface area contributed by atoms with Gasteiger partial charge in [0.15, 0.2) is 0 Å². The third kappa shape index (κ3) is 3.51. The Kier molecular flexibility index (Phi) is 4.96. The van der Waals surface area contributed by atoms with Crippen LogP contribution < -0.4 is 4.72 Å². The van der Waals surface area contributed by atoms with Gasteiger partial charge in [-0.2, -0.15) is 0 Å². The molecule has 1 aromatic heterocycles. The number of aryl methyl sites for hydroxylation is 1. The molecule has 0 spiro atoms. The van der Waals surface area contributed by atoms with Crippen molar-refractivity contribution in [2.75, 3.05) is 18.5 Å². The average Bonchev–Trinajstić information content (AvgIpc) is 2.71. The average molecular weight is 389 g/mol. The number of thiophene rings is 1. The van der Waals surface area contributed by atoms with Gasteiger partial charge in [-0.25, -0.2) is 13.1 Å². The topological polar surface area (TPSA) is 55.4 Å². The Morgan fingerprint density at radius 2 is 2.16 bits per heavy atom. The molecule has 108 valence electrons. The smallest absolute Gasteiger partial charge is 0.250 e. The van der Waals surface area contributed by atoms with Gasteiger partial charge in [-0.15, -0.1) is 11.3 Å². The molecule has 0 unspecified atom stereocenters. The molecule has 1 saturated heterocycles. The van der Waals surface area contributed by atoms with Crippen LogP contribution in [-0.4, -0.2) is 32.5 Å². The lowest BCUT2D eigenvalue weighted by molar-refractivity contribution is 0.0557. The van der Waals surface area contributed by atoms with E-state index in [9.17, 15) is 8.42 Å². The summed E-state index contributed by atoms with van der Waals surface area (Å²) in [5.74, 6) is 0. The van der Waals surface area contributed by atoms with Gasteiger partial charge in [-0.1, -0.05) is 27.5 Å². The first kappa shape index (κ1) is 15.7. The summed E-state index contributed by atoms with van der Waals surface area (Å²) in [5.41, 5.74) is 0.313. The van der Waals surface area contributed by atoms with Gasteiger partial charge in [0.25, 0.3) is 10.0 Å². The summed E-state index contributed by atoms with van der Waals surface area (Å²) >= 11 is 10.4. The van der Waals surface area contributed by atoms with Crippen molar-refractivity contribution in [3.05, 3.63) is 16.0 Å². The van der Waals surface area contributed by atoms with Crippen molar-refractivity contribution in [3.63, 3.8) is 0 Å². The molecule has 0 aromatic carbocycles. The van der Waals surface area contributed by atoms with Crippen LogP contribution in [0.5, 0.6) is 0 Å². The van der Waals surface area contributed by atoms with E-state index in [1.807, 2.05) is 0 Å². The van der Waals surface area contributed by atoms with Crippen LogP contribution in [0, 0.1) is 6.92 Å². The van der Waals surface area contributed by atoms with E-state index in [1.165, 1.54) is 0 Å². The van der Waals surface area contributed by atoms with Gasteiger partial charge < -0.3 is 4.74 Å². The van der Waals surface area contributed by atoms with Gasteiger partial charge in [-0.05, 0) is 31.4 Å². The summed E-state index contributed by atoms with van der Waals surface area (Å²) in [7, 11) is -3.53. The Morgan fingerprint density at radius 1 is 1.53 bits per heavy atom. The molecule has 4 nitrogen and oxygen atoms in total. The predicted octanol–water partition coefficient (Wildman–Crippen LogP) is 2.93. The molecule has 19 heavy (non-hydrogen) atoms. The fourth-order valence-corrected chi connectivity index (χ4v) is 5.98. The maximum atomic E-state index is 12.4. The van der Waals surface area contributed by atoms with E-state index in [0.717, 1.165) is 16.9 Å². The number of halogens is 2. The highest BCUT2D eigenvalue weighted by Gasteiger charge is 2.36. The zero-order valence-corrected chi connectivity index (χ0v) is 14.4. The molecule has 0 aliphatic carbocycles. The summed E-state index contributed by atoms with van der Waals surface area (Å²) in [4.78, 5) is 0. The zero-order valence-electron chi connectivity index (χ0n) is 10.4. The van der Waals surface area contributed by atoms with Crippen LogP contribution in [0.3, 0.4) is 0 Å². The lowest BCUT2D eigenvalue weighted by atomic mass is 9.94. The Hall–Kier alpha value is 0.340. The monoisotopic (exact) mass is 387 g/mol. The molecule has 1 N–H and O–H groups in total. The van der Waals surface area contributed by atoms with E-state index < -0.39 is 15.6 Å². The standard InChI is InChI=1S/C11H15BrClNO3S2/c1-8-6-9(18-10(8)13)19(15,16)14-11(7-12)2-4-17-5-3-11/h6,14H,2-5,7H2,1H3. The van der Waals surface area contributed by atoms with Crippen molar-refractivity contribution >= 4 is 48.9 Å². The van der Waals surface area contributed by atoms with Gasteiger partial charge in [0.1, 0.15) is 4.21 Å². The molecule has 0 saturated carbocycles. The minimum atomic E-state index is -3.53. The normalized spacial score (nSPS) is 19.5. The number of sulfonamides is 1. The van der Waals surface area contributed by atoms with Crippen LogP contribution in [0.4, 0.5) is 0 Å². The van der Waals surface area contributed by atoms with Crippen LogP contribution in [0.2, 0.25) is 4.34 Å². The molecule has 8 heteroatoms. The summed E-state index contributed by atoms with van der Waals surface area (Å²) in [6.45, 7) is 2.93. The SMILES string of the molecule is Cc1cc(S(=O)(=O)NC2(CBr)CCOCC2)sc1Cl. The van der Waals surface area contributed by atoms with E-state index in [1.54, 1.807) is 13.0 Å². The zero-order chi connectivity index (χ0) is 14.1. The summed E-state index contributed by atoms with van der Waals surface area (Å²) in [6, 6.07) is 1.61. The fourth-order valence-electron chi connectivity index (χ4n) is 1.92. The number of hydrogen-bond donors (Lipinski definition) is 1. The molecule has 2 rings (SSSR count). The first-order valence-electron chi connectivity index (χ1n) is 5.82. The molecule has 1 aromatic rings. The van der Waals surface area contributed by atoms with Crippen molar-refractivity contribution in [1.82, 2.24) is 4.72 Å². The second-order valence-corrected chi connectivity index (χ2v) is 8.78. The van der Waals surface area contributed by atoms with Crippen molar-refractivity contribution in [1.29, 1.82) is 0 Å². The highest BCUT2D eigenvalue weighted by Crippen LogP contribution is 2.32. The number of alkyl halides is 1. The quantitative estimate of drug-likeness (QED) is 0.807. The van der Waals surface area contributed by atoms with Gasteiger partial charge in [0.2, 0.25) is 0 Å². The van der Waals surface area contributed by atoms with Crippen molar-refractivity contribution in [3.8, 4) is 0 Å². The summed E-state index contributed by atoms with van der Waals surface area (Å²) in [5, 5.41) is 0.570. The maximum Gasteiger partial charge on any atom is 0.250 e. The molecule has 1 aliphatic heterocycles. The van der Waals surface area contributed by atoms with Crippen LogP contribution in [-0.2, 0) is 14.8 Å². The lowest BCUT2D eigenvalue weighted by Gasteiger charge is -2.35. The van der Waals surface area contributed by atoms with Gasteiger partial charge >= 0.3 is 0 Å². The third-order valence-corrected chi connectivity index (χ3v) is 7.84. The molecular weight excluding hydrogens is 374 g/mol. The number of hydrogen-bond acceptors (Lipinski definition) is 4. The molecule has 0 amide bonds. The fraction of sp³-hybridized carbons (Fsp3) is 0.636. The number of ether oxygens (including phenoxy) is 1.